The number of carbonyl (C=O) groups excluding carboxylic acids is 1. The first-order valence-electron chi connectivity index (χ1n) is 7.78. The molecule has 2 aromatic carbocycles. The molecule has 0 unspecified atom stereocenters. The summed E-state index contributed by atoms with van der Waals surface area (Å²) in [6.45, 7) is 0.728. The topological polar surface area (TPSA) is 49.3 Å². The molecule has 2 rings (SSSR count). The summed E-state index contributed by atoms with van der Waals surface area (Å²) in [6, 6.07) is 15.6. The van der Waals surface area contributed by atoms with Gasteiger partial charge in [-0.05, 0) is 54.8 Å². The van der Waals surface area contributed by atoms with Crippen molar-refractivity contribution in [2.75, 3.05) is 13.2 Å². The van der Waals surface area contributed by atoms with Crippen LogP contribution in [-0.4, -0.2) is 24.2 Å². The maximum Gasteiger partial charge on any atom is 0.243 e. The predicted molar refractivity (Wildman–Crippen MR) is 100 cm³/mol. The van der Waals surface area contributed by atoms with Crippen molar-refractivity contribution < 1.29 is 9.90 Å². The minimum absolute atomic E-state index is 0.126. The van der Waals surface area contributed by atoms with Gasteiger partial charge in [-0.3, -0.25) is 4.79 Å². The third-order valence-corrected chi connectivity index (χ3v) is 4.61. The molecule has 24 heavy (non-hydrogen) atoms. The van der Waals surface area contributed by atoms with Crippen molar-refractivity contribution in [2.24, 2.45) is 0 Å². The van der Waals surface area contributed by atoms with E-state index in [1.165, 1.54) is 0 Å². The highest BCUT2D eigenvalue weighted by Gasteiger charge is 2.03. The van der Waals surface area contributed by atoms with E-state index in [0.717, 1.165) is 21.8 Å². The van der Waals surface area contributed by atoms with Gasteiger partial charge in [-0.2, -0.15) is 0 Å². The molecule has 3 nitrogen and oxygen atoms in total. The molecule has 0 aliphatic heterocycles. The molecule has 0 saturated heterocycles. The van der Waals surface area contributed by atoms with Gasteiger partial charge in [0.2, 0.25) is 5.91 Å². The van der Waals surface area contributed by atoms with E-state index in [4.69, 9.17) is 16.7 Å². The molecule has 0 aromatic heterocycles. The summed E-state index contributed by atoms with van der Waals surface area (Å²) in [5.74, 6) is -0.126. The molecule has 0 aliphatic rings. The van der Waals surface area contributed by atoms with Gasteiger partial charge in [-0.1, -0.05) is 41.6 Å². The lowest BCUT2D eigenvalue weighted by atomic mass is 10.2. The Morgan fingerprint density at radius 3 is 2.62 bits per heavy atom. The Kier molecular flexibility index (Phi) is 7.89. The van der Waals surface area contributed by atoms with E-state index in [-0.39, 0.29) is 12.5 Å². The maximum absolute atomic E-state index is 11.8. The number of hydrogen-bond donors (Lipinski definition) is 2. The molecule has 0 heterocycles. The van der Waals surface area contributed by atoms with E-state index in [1.807, 2.05) is 54.6 Å². The predicted octanol–water partition coefficient (Wildman–Crippen LogP) is 4.39. The van der Waals surface area contributed by atoms with Crippen molar-refractivity contribution in [1.82, 2.24) is 5.32 Å². The summed E-state index contributed by atoms with van der Waals surface area (Å²) in [5.41, 5.74) is 0.989. The van der Waals surface area contributed by atoms with E-state index in [1.54, 1.807) is 17.8 Å². The van der Waals surface area contributed by atoms with Crippen molar-refractivity contribution in [3.63, 3.8) is 0 Å². The molecule has 0 saturated carbocycles. The van der Waals surface area contributed by atoms with Gasteiger partial charge in [0.25, 0.3) is 0 Å². The number of benzene rings is 2. The standard InChI is InChI=1S/C19H20ClNO2S/c20-16-8-10-17(11-9-16)24-18-6-2-1-5-15(18)7-12-19(23)21-13-3-4-14-22/h1-2,5-12,22H,3-4,13-14H2,(H,21,23). The van der Waals surface area contributed by atoms with Crippen molar-refractivity contribution >= 4 is 35.3 Å². The largest absolute Gasteiger partial charge is 0.396 e. The number of amides is 1. The second-order valence-electron chi connectivity index (χ2n) is 5.15. The molecule has 5 heteroatoms. The number of nitrogens with one attached hydrogen (secondary N) is 1. The molecule has 1 amide bonds. The highest BCUT2D eigenvalue weighted by molar-refractivity contribution is 7.99. The number of rotatable bonds is 8. The van der Waals surface area contributed by atoms with Gasteiger partial charge in [0.05, 0.1) is 0 Å². The Morgan fingerprint density at radius 1 is 1.12 bits per heavy atom. The van der Waals surface area contributed by atoms with Crippen molar-refractivity contribution in [1.29, 1.82) is 0 Å². The van der Waals surface area contributed by atoms with Gasteiger partial charge < -0.3 is 10.4 Å². The zero-order valence-electron chi connectivity index (χ0n) is 13.2. The Hall–Kier alpha value is -1.75. The Balaban J connectivity index is 1.99. The first kappa shape index (κ1) is 18.6. The summed E-state index contributed by atoms with van der Waals surface area (Å²) in [5, 5.41) is 12.2. The smallest absolute Gasteiger partial charge is 0.243 e. The summed E-state index contributed by atoms with van der Waals surface area (Å²) < 4.78 is 0. The van der Waals surface area contributed by atoms with Gasteiger partial charge in [0.1, 0.15) is 0 Å². The van der Waals surface area contributed by atoms with E-state index < -0.39 is 0 Å². The molecule has 0 radical (unpaired) electrons. The van der Waals surface area contributed by atoms with Crippen LogP contribution in [0.3, 0.4) is 0 Å². The van der Waals surface area contributed by atoms with Gasteiger partial charge >= 0.3 is 0 Å². The average Bonchev–Trinajstić information content (AvgIpc) is 2.60. The molecule has 0 bridgehead atoms. The van der Waals surface area contributed by atoms with Crippen LogP contribution in [0.25, 0.3) is 6.08 Å². The molecule has 0 aliphatic carbocycles. The van der Waals surface area contributed by atoms with E-state index in [9.17, 15) is 4.79 Å². The molecule has 0 atom stereocenters. The minimum atomic E-state index is -0.126. The Bertz CT molecular complexity index is 686. The van der Waals surface area contributed by atoms with Crippen molar-refractivity contribution in [2.45, 2.75) is 22.6 Å². The van der Waals surface area contributed by atoms with Crippen molar-refractivity contribution in [3.05, 3.63) is 65.2 Å². The summed E-state index contributed by atoms with van der Waals surface area (Å²) in [4.78, 5) is 14.0. The Labute approximate surface area is 151 Å². The molecule has 0 fully saturated rings. The lowest BCUT2D eigenvalue weighted by Crippen LogP contribution is -2.22. The van der Waals surface area contributed by atoms with Crippen molar-refractivity contribution in [3.8, 4) is 0 Å². The highest BCUT2D eigenvalue weighted by atomic mass is 35.5. The number of hydrogen-bond acceptors (Lipinski definition) is 3. The summed E-state index contributed by atoms with van der Waals surface area (Å²) in [6.07, 6.45) is 4.84. The first-order valence-corrected chi connectivity index (χ1v) is 8.97. The third-order valence-electron chi connectivity index (χ3n) is 3.26. The molecular formula is C19H20ClNO2S. The third kappa shape index (κ3) is 6.40. The normalized spacial score (nSPS) is 10.9. The number of unbranched alkanes of at least 4 members (excludes halogenated alkanes) is 1. The molecule has 2 N–H and O–H groups in total. The number of aliphatic hydroxyl groups is 1. The van der Waals surface area contributed by atoms with E-state index >= 15 is 0 Å². The second kappa shape index (κ2) is 10.2. The summed E-state index contributed by atoms with van der Waals surface area (Å²) >= 11 is 7.54. The van der Waals surface area contributed by atoms with Crippen LogP contribution < -0.4 is 5.32 Å². The molecule has 126 valence electrons. The Morgan fingerprint density at radius 2 is 1.88 bits per heavy atom. The highest BCUT2D eigenvalue weighted by Crippen LogP contribution is 2.31. The number of aliphatic hydroxyl groups excluding tert-OH is 1. The fourth-order valence-electron chi connectivity index (χ4n) is 2.01. The molecule has 2 aromatic rings. The van der Waals surface area contributed by atoms with Gasteiger partial charge in [0, 0.05) is 34.0 Å². The van der Waals surface area contributed by atoms with E-state index in [0.29, 0.717) is 18.0 Å². The van der Waals surface area contributed by atoms with Crippen LogP contribution in [0.1, 0.15) is 18.4 Å². The lowest BCUT2D eigenvalue weighted by Gasteiger charge is -2.06. The number of carbonyl (C=O) groups is 1. The fraction of sp³-hybridized carbons (Fsp3) is 0.211. The summed E-state index contributed by atoms with van der Waals surface area (Å²) in [7, 11) is 0. The van der Waals surface area contributed by atoms with Gasteiger partial charge in [0.15, 0.2) is 0 Å². The number of halogens is 1. The van der Waals surface area contributed by atoms with Crippen LogP contribution in [0, 0.1) is 0 Å². The lowest BCUT2D eigenvalue weighted by molar-refractivity contribution is -0.116. The first-order chi connectivity index (χ1) is 11.7. The van der Waals surface area contributed by atoms with Crippen LogP contribution in [0.15, 0.2) is 64.4 Å². The zero-order chi connectivity index (χ0) is 17.2. The van der Waals surface area contributed by atoms with Gasteiger partial charge in [-0.25, -0.2) is 0 Å². The molecular weight excluding hydrogens is 342 g/mol. The van der Waals surface area contributed by atoms with E-state index in [2.05, 4.69) is 5.32 Å². The minimum Gasteiger partial charge on any atom is -0.396 e. The van der Waals surface area contributed by atoms with Crippen LogP contribution in [0.4, 0.5) is 0 Å². The molecule has 0 spiro atoms. The second-order valence-corrected chi connectivity index (χ2v) is 6.70. The van der Waals surface area contributed by atoms with Crippen LogP contribution in [0.5, 0.6) is 0 Å². The monoisotopic (exact) mass is 361 g/mol. The quantitative estimate of drug-likeness (QED) is 0.541. The maximum atomic E-state index is 11.8. The average molecular weight is 362 g/mol. The van der Waals surface area contributed by atoms with Crippen LogP contribution in [0.2, 0.25) is 5.02 Å². The fourth-order valence-corrected chi connectivity index (χ4v) is 3.07. The zero-order valence-corrected chi connectivity index (χ0v) is 14.8. The van der Waals surface area contributed by atoms with Crippen LogP contribution in [-0.2, 0) is 4.79 Å². The van der Waals surface area contributed by atoms with Gasteiger partial charge in [-0.15, -0.1) is 0 Å². The SMILES string of the molecule is O=C(C=Cc1ccccc1Sc1ccc(Cl)cc1)NCCCCO. The van der Waals surface area contributed by atoms with Crippen LogP contribution >= 0.6 is 23.4 Å².